The lowest BCUT2D eigenvalue weighted by atomic mass is 10.1. The van der Waals surface area contributed by atoms with Crippen molar-refractivity contribution < 1.29 is 48.6 Å². The van der Waals surface area contributed by atoms with Crippen molar-refractivity contribution in [3.63, 3.8) is 0 Å². The number of rotatable bonds is 19. The smallest absolute Gasteiger partial charge is 0.322 e. The van der Waals surface area contributed by atoms with E-state index in [9.17, 15) is 38.4 Å². The lowest BCUT2D eigenvalue weighted by Gasteiger charge is -2.19. The fraction of sp³-hybridized carbons (Fsp3) is 0.571. The third-order valence-electron chi connectivity index (χ3n) is 4.68. The molecule has 0 aliphatic heterocycles. The van der Waals surface area contributed by atoms with Gasteiger partial charge in [-0.3, -0.25) is 43.3 Å². The van der Waals surface area contributed by atoms with E-state index in [1.54, 1.807) is 6.92 Å². The van der Waals surface area contributed by atoms with Crippen molar-refractivity contribution in [2.45, 2.75) is 44.7 Å². The van der Waals surface area contributed by atoms with Gasteiger partial charge >= 0.3 is 11.9 Å². The van der Waals surface area contributed by atoms with E-state index in [4.69, 9.17) is 21.7 Å². The number of carboxylic acids is 2. The third kappa shape index (κ3) is 17.5. The van der Waals surface area contributed by atoms with Gasteiger partial charge in [0, 0.05) is 13.0 Å². The number of nitrogens with two attached hydrogens (primary N) is 2. The molecule has 0 aromatic heterocycles. The molecule has 0 saturated carbocycles. The van der Waals surface area contributed by atoms with Crippen molar-refractivity contribution >= 4 is 53.3 Å². The van der Waals surface area contributed by atoms with Crippen molar-refractivity contribution in [1.29, 1.82) is 0 Å². The number of aliphatic carboxylic acids is 2. The Kier molecular flexibility index (Phi) is 16.8. The highest BCUT2D eigenvalue weighted by Crippen LogP contribution is 1.99. The summed E-state index contributed by atoms with van der Waals surface area (Å²) in [5.41, 5.74) is 10.5. The van der Waals surface area contributed by atoms with Gasteiger partial charge in [0.05, 0.1) is 26.1 Å². The van der Waals surface area contributed by atoms with E-state index < -0.39 is 79.6 Å². The molecule has 2 atom stereocenters. The molecule has 0 bridgehead atoms. The largest absolute Gasteiger partial charge is 0.481 e. The van der Waals surface area contributed by atoms with Crippen molar-refractivity contribution in [3.8, 4) is 0 Å². The standard InChI is InChI=1S/C21H35N9O10/c1-2-13(31)25-7-14(32)26-8-15(33)29-11(4-3-5-24-21(22)23)19(39)27-9-16(34)30-12(6-17(35)36)20(40)28-10-18(37)38/h11-12H,2-10H2,1H3,(H,25,31)(H,26,32)(H,27,39)(H,28,40)(H,29,33)(H,30,34)(H,35,36)(H,37,38)(H4,22,23,24)/t11-,12-/m0/s1. The van der Waals surface area contributed by atoms with Crippen LogP contribution in [0.3, 0.4) is 0 Å². The van der Waals surface area contributed by atoms with E-state index in [0.717, 1.165) is 0 Å². The van der Waals surface area contributed by atoms with E-state index in [-0.39, 0.29) is 44.2 Å². The zero-order valence-electron chi connectivity index (χ0n) is 21.8. The first kappa shape index (κ1) is 35.0. The van der Waals surface area contributed by atoms with Gasteiger partial charge in [0.2, 0.25) is 35.4 Å². The highest BCUT2D eigenvalue weighted by Gasteiger charge is 2.25. The van der Waals surface area contributed by atoms with Crippen LogP contribution in [0.1, 0.15) is 32.6 Å². The third-order valence-corrected chi connectivity index (χ3v) is 4.68. The number of nitrogens with zero attached hydrogens (tertiary/aromatic N) is 1. The molecule has 0 aromatic rings. The van der Waals surface area contributed by atoms with Crippen LogP contribution in [0.4, 0.5) is 0 Å². The number of carbonyl (C=O) groups excluding carboxylic acids is 6. The van der Waals surface area contributed by atoms with Crippen LogP contribution in [0.2, 0.25) is 0 Å². The molecule has 0 aliphatic rings. The predicted octanol–water partition coefficient (Wildman–Crippen LogP) is -5.56. The van der Waals surface area contributed by atoms with Crippen LogP contribution < -0.4 is 43.4 Å². The van der Waals surface area contributed by atoms with E-state index in [0.29, 0.717) is 0 Å². The zero-order chi connectivity index (χ0) is 30.7. The molecule has 0 fully saturated rings. The molecule has 0 aromatic carbocycles. The average Bonchev–Trinajstić information content (AvgIpc) is 2.88. The second-order valence-corrected chi connectivity index (χ2v) is 8.02. The van der Waals surface area contributed by atoms with Crippen LogP contribution in [0.25, 0.3) is 0 Å². The summed E-state index contributed by atoms with van der Waals surface area (Å²) in [5, 5.41) is 30.8. The topological polar surface area (TPSA) is 314 Å². The van der Waals surface area contributed by atoms with Gasteiger partial charge in [-0.1, -0.05) is 6.92 Å². The summed E-state index contributed by atoms with van der Waals surface area (Å²) < 4.78 is 0. The Bertz CT molecular complexity index is 982. The molecule has 12 N–H and O–H groups in total. The summed E-state index contributed by atoms with van der Waals surface area (Å²) in [6, 6.07) is -2.83. The average molecular weight is 574 g/mol. The van der Waals surface area contributed by atoms with Crippen LogP contribution >= 0.6 is 0 Å². The molecule has 19 nitrogen and oxygen atoms in total. The Morgan fingerprint density at radius 1 is 0.675 bits per heavy atom. The fourth-order valence-corrected chi connectivity index (χ4v) is 2.77. The van der Waals surface area contributed by atoms with Gasteiger partial charge < -0.3 is 53.6 Å². The molecule has 19 heteroatoms. The van der Waals surface area contributed by atoms with E-state index in [1.807, 2.05) is 5.32 Å². The maximum atomic E-state index is 12.7. The summed E-state index contributed by atoms with van der Waals surface area (Å²) in [6.45, 7) is -0.711. The van der Waals surface area contributed by atoms with Crippen LogP contribution in [0.15, 0.2) is 4.99 Å². The Labute approximate surface area is 228 Å². The van der Waals surface area contributed by atoms with Crippen LogP contribution in [0, 0.1) is 0 Å². The summed E-state index contributed by atoms with van der Waals surface area (Å²) in [4.78, 5) is 97.6. The molecule has 0 aliphatic carbocycles. The molecule has 224 valence electrons. The van der Waals surface area contributed by atoms with Crippen molar-refractivity contribution in [1.82, 2.24) is 31.9 Å². The number of hydrogen-bond donors (Lipinski definition) is 10. The first-order valence-corrected chi connectivity index (χ1v) is 11.9. The van der Waals surface area contributed by atoms with Crippen molar-refractivity contribution in [3.05, 3.63) is 0 Å². The number of guanidine groups is 1. The first-order valence-electron chi connectivity index (χ1n) is 11.9. The minimum atomic E-state index is -1.62. The molecule has 0 radical (unpaired) electrons. The fourth-order valence-electron chi connectivity index (χ4n) is 2.77. The number of aliphatic imine (C=N–C) groups is 1. The minimum Gasteiger partial charge on any atom is -0.481 e. The molecule has 40 heavy (non-hydrogen) atoms. The highest BCUT2D eigenvalue weighted by molar-refractivity contribution is 5.95. The van der Waals surface area contributed by atoms with Gasteiger partial charge in [0.25, 0.3) is 0 Å². The summed E-state index contributed by atoms with van der Waals surface area (Å²) in [7, 11) is 0. The molecule has 0 saturated heterocycles. The molecule has 0 heterocycles. The van der Waals surface area contributed by atoms with Gasteiger partial charge in [-0.2, -0.15) is 0 Å². The quantitative estimate of drug-likeness (QED) is 0.0393. The van der Waals surface area contributed by atoms with Gasteiger partial charge in [-0.15, -0.1) is 0 Å². The molecule has 6 amide bonds. The lowest BCUT2D eigenvalue weighted by Crippen LogP contribution is -2.53. The lowest BCUT2D eigenvalue weighted by molar-refractivity contribution is -0.141. The maximum Gasteiger partial charge on any atom is 0.322 e. The Morgan fingerprint density at radius 2 is 1.18 bits per heavy atom. The first-order chi connectivity index (χ1) is 18.7. The van der Waals surface area contributed by atoms with Gasteiger partial charge in [-0.05, 0) is 12.8 Å². The number of hydrogen-bond acceptors (Lipinski definition) is 9. The molecule has 0 unspecified atom stereocenters. The van der Waals surface area contributed by atoms with Gasteiger partial charge in [0.1, 0.15) is 18.6 Å². The molecular formula is C21H35N9O10. The normalized spacial score (nSPS) is 11.5. The Hall–Kier alpha value is -4.97. The van der Waals surface area contributed by atoms with Crippen molar-refractivity contribution in [2.75, 3.05) is 32.7 Å². The Morgan fingerprint density at radius 3 is 1.73 bits per heavy atom. The van der Waals surface area contributed by atoms with Crippen molar-refractivity contribution in [2.24, 2.45) is 16.5 Å². The van der Waals surface area contributed by atoms with Gasteiger partial charge in [-0.25, -0.2) is 0 Å². The molecular weight excluding hydrogens is 538 g/mol. The molecule has 0 spiro atoms. The number of amides is 6. The number of carbonyl (C=O) groups is 8. The monoisotopic (exact) mass is 573 g/mol. The summed E-state index contributed by atoms with van der Waals surface area (Å²) >= 11 is 0. The number of carboxylic acid groups (broad SMARTS) is 2. The van der Waals surface area contributed by atoms with Crippen LogP contribution in [-0.4, -0.2) is 108 Å². The number of nitrogens with one attached hydrogen (secondary N) is 6. The van der Waals surface area contributed by atoms with E-state index >= 15 is 0 Å². The maximum absolute atomic E-state index is 12.7. The summed E-state index contributed by atoms with van der Waals surface area (Å²) in [5.74, 6) is -7.69. The second kappa shape index (κ2) is 19.2. The van der Waals surface area contributed by atoms with Gasteiger partial charge in [0.15, 0.2) is 5.96 Å². The SMILES string of the molecule is CCC(=O)NCC(=O)NCC(=O)N[C@@H](CCCN=C(N)N)C(=O)NCC(=O)N[C@@H](CC(=O)O)C(=O)NCC(=O)O. The van der Waals surface area contributed by atoms with Crippen LogP contribution in [0.5, 0.6) is 0 Å². The minimum absolute atomic E-state index is 0.00963. The van der Waals surface area contributed by atoms with E-state index in [1.165, 1.54) is 0 Å². The Balaban J connectivity index is 5.09. The van der Waals surface area contributed by atoms with E-state index in [2.05, 4.69) is 31.6 Å². The molecule has 0 rings (SSSR count). The second-order valence-electron chi connectivity index (χ2n) is 8.02. The summed E-state index contributed by atoms with van der Waals surface area (Å²) in [6.07, 6.45) is -0.457. The van der Waals surface area contributed by atoms with Crippen LogP contribution in [-0.2, 0) is 38.4 Å². The predicted molar refractivity (Wildman–Crippen MR) is 136 cm³/mol. The highest BCUT2D eigenvalue weighted by atomic mass is 16.4. The zero-order valence-corrected chi connectivity index (χ0v) is 21.8.